The van der Waals surface area contributed by atoms with Gasteiger partial charge in [-0.2, -0.15) is 0 Å². The molecule has 0 radical (unpaired) electrons. The summed E-state index contributed by atoms with van der Waals surface area (Å²) in [7, 11) is 0. The molecule has 0 unspecified atom stereocenters. The minimum atomic E-state index is -0.189. The third-order valence-corrected chi connectivity index (χ3v) is 2.39. The Hall–Kier alpha value is -1.17. The molecule has 2 N–H and O–H groups in total. The Kier molecular flexibility index (Phi) is 5.07. The molecule has 1 heterocycles. The van der Waals surface area contributed by atoms with E-state index >= 15 is 0 Å². The second-order valence-corrected chi connectivity index (χ2v) is 5.91. The van der Waals surface area contributed by atoms with E-state index in [-0.39, 0.29) is 11.4 Å². The van der Waals surface area contributed by atoms with Gasteiger partial charge in [0.1, 0.15) is 16.2 Å². The number of aromatic nitrogens is 2. The SMILES string of the molecule is Cc1nc(Br)cc(NCCC(=O)NC(C)(C)C)n1. The number of rotatable bonds is 4. The summed E-state index contributed by atoms with van der Waals surface area (Å²) in [6.07, 6.45) is 0.415. The highest BCUT2D eigenvalue weighted by molar-refractivity contribution is 9.10. The van der Waals surface area contributed by atoms with Crippen LogP contribution in [0.15, 0.2) is 10.7 Å². The first kappa shape index (κ1) is 14.9. The molecule has 0 saturated carbocycles. The third-order valence-electron chi connectivity index (χ3n) is 1.98. The van der Waals surface area contributed by atoms with Gasteiger partial charge in [0.25, 0.3) is 0 Å². The van der Waals surface area contributed by atoms with Crippen molar-refractivity contribution in [2.75, 3.05) is 11.9 Å². The second kappa shape index (κ2) is 6.13. The van der Waals surface area contributed by atoms with Gasteiger partial charge in [-0.3, -0.25) is 4.79 Å². The summed E-state index contributed by atoms with van der Waals surface area (Å²) < 4.78 is 0.733. The molecule has 0 aliphatic carbocycles. The Morgan fingerprint density at radius 2 is 2.06 bits per heavy atom. The highest BCUT2D eigenvalue weighted by Crippen LogP contribution is 2.11. The standard InChI is InChI=1S/C12H19BrN4O/c1-8-15-9(13)7-10(16-8)14-6-5-11(18)17-12(2,3)4/h7H,5-6H2,1-4H3,(H,17,18)(H,14,15,16). The zero-order chi connectivity index (χ0) is 13.8. The van der Waals surface area contributed by atoms with Crippen LogP contribution in [0.2, 0.25) is 0 Å². The Labute approximate surface area is 116 Å². The van der Waals surface area contributed by atoms with E-state index in [1.54, 1.807) is 6.07 Å². The van der Waals surface area contributed by atoms with E-state index in [4.69, 9.17) is 0 Å². The number of aryl methyl sites for hydroxylation is 1. The lowest BCUT2D eigenvalue weighted by Crippen LogP contribution is -2.41. The van der Waals surface area contributed by atoms with Gasteiger partial charge < -0.3 is 10.6 Å². The molecule has 0 bridgehead atoms. The van der Waals surface area contributed by atoms with Crippen molar-refractivity contribution in [3.8, 4) is 0 Å². The average Bonchev–Trinajstić information content (AvgIpc) is 2.12. The van der Waals surface area contributed by atoms with Crippen molar-refractivity contribution in [3.05, 3.63) is 16.5 Å². The van der Waals surface area contributed by atoms with Crippen molar-refractivity contribution in [3.63, 3.8) is 0 Å². The lowest BCUT2D eigenvalue weighted by molar-refractivity contribution is -0.122. The summed E-state index contributed by atoms with van der Waals surface area (Å²) in [5, 5.41) is 6.01. The summed E-state index contributed by atoms with van der Waals surface area (Å²) in [5.41, 5.74) is -0.189. The van der Waals surface area contributed by atoms with E-state index in [0.29, 0.717) is 18.8 Å². The van der Waals surface area contributed by atoms with Gasteiger partial charge in [0.05, 0.1) is 0 Å². The van der Waals surface area contributed by atoms with Gasteiger partial charge in [0.2, 0.25) is 5.91 Å². The maximum Gasteiger partial charge on any atom is 0.222 e. The van der Waals surface area contributed by atoms with Gasteiger partial charge in [-0.15, -0.1) is 0 Å². The molecule has 0 fully saturated rings. The smallest absolute Gasteiger partial charge is 0.222 e. The van der Waals surface area contributed by atoms with E-state index in [0.717, 1.165) is 10.4 Å². The summed E-state index contributed by atoms with van der Waals surface area (Å²) in [5.74, 6) is 1.43. The van der Waals surface area contributed by atoms with E-state index in [1.165, 1.54) is 0 Å². The minimum Gasteiger partial charge on any atom is -0.369 e. The lowest BCUT2D eigenvalue weighted by atomic mass is 10.1. The normalized spacial score (nSPS) is 11.2. The van der Waals surface area contributed by atoms with Crippen LogP contribution in [0.1, 0.15) is 33.0 Å². The molecular formula is C12H19BrN4O. The van der Waals surface area contributed by atoms with Crippen LogP contribution in [0.3, 0.4) is 0 Å². The number of nitrogens with zero attached hydrogens (tertiary/aromatic N) is 2. The molecule has 100 valence electrons. The van der Waals surface area contributed by atoms with Gasteiger partial charge in [-0.05, 0) is 43.6 Å². The van der Waals surface area contributed by atoms with Gasteiger partial charge >= 0.3 is 0 Å². The van der Waals surface area contributed by atoms with Crippen molar-refractivity contribution in [1.82, 2.24) is 15.3 Å². The van der Waals surface area contributed by atoms with Crippen LogP contribution in [0.5, 0.6) is 0 Å². The first-order valence-corrected chi connectivity index (χ1v) is 6.61. The summed E-state index contributed by atoms with van der Waals surface area (Å²) in [6, 6.07) is 1.79. The predicted molar refractivity (Wildman–Crippen MR) is 75.5 cm³/mol. The average molecular weight is 315 g/mol. The fourth-order valence-corrected chi connectivity index (χ4v) is 1.88. The number of hydrogen-bond acceptors (Lipinski definition) is 4. The van der Waals surface area contributed by atoms with E-state index < -0.39 is 0 Å². The third kappa shape index (κ3) is 5.95. The molecular weight excluding hydrogens is 296 g/mol. The monoisotopic (exact) mass is 314 g/mol. The number of anilines is 1. The summed E-state index contributed by atoms with van der Waals surface area (Å²) >= 11 is 3.30. The summed E-state index contributed by atoms with van der Waals surface area (Å²) in [6.45, 7) is 8.25. The molecule has 0 atom stereocenters. The van der Waals surface area contributed by atoms with E-state index in [9.17, 15) is 4.79 Å². The van der Waals surface area contributed by atoms with Crippen LogP contribution in [-0.2, 0) is 4.79 Å². The Balaban J connectivity index is 2.40. The van der Waals surface area contributed by atoms with Gasteiger partial charge in [-0.25, -0.2) is 9.97 Å². The molecule has 1 aromatic heterocycles. The van der Waals surface area contributed by atoms with Gasteiger partial charge in [-0.1, -0.05) is 0 Å². The van der Waals surface area contributed by atoms with Crippen LogP contribution < -0.4 is 10.6 Å². The second-order valence-electron chi connectivity index (χ2n) is 5.10. The zero-order valence-corrected chi connectivity index (χ0v) is 12.8. The highest BCUT2D eigenvalue weighted by atomic mass is 79.9. The summed E-state index contributed by atoms with van der Waals surface area (Å²) in [4.78, 5) is 19.9. The van der Waals surface area contributed by atoms with Crippen LogP contribution in [0.25, 0.3) is 0 Å². The Morgan fingerprint density at radius 1 is 1.39 bits per heavy atom. The largest absolute Gasteiger partial charge is 0.369 e. The molecule has 5 nitrogen and oxygen atoms in total. The Bertz CT molecular complexity index is 408. The minimum absolute atomic E-state index is 0.0276. The molecule has 1 aromatic rings. The van der Waals surface area contributed by atoms with Gasteiger partial charge in [0, 0.05) is 24.6 Å². The first-order valence-electron chi connectivity index (χ1n) is 5.82. The molecule has 0 saturated heterocycles. The van der Waals surface area contributed by atoms with Crippen molar-refractivity contribution in [2.45, 2.75) is 39.7 Å². The maximum absolute atomic E-state index is 11.6. The number of hydrogen-bond donors (Lipinski definition) is 2. The molecule has 0 spiro atoms. The first-order chi connectivity index (χ1) is 8.26. The topological polar surface area (TPSA) is 66.9 Å². The predicted octanol–water partition coefficient (Wildman–Crippen LogP) is 2.26. The molecule has 0 aromatic carbocycles. The van der Waals surface area contributed by atoms with Crippen LogP contribution in [0, 0.1) is 6.92 Å². The molecule has 18 heavy (non-hydrogen) atoms. The molecule has 1 amide bonds. The van der Waals surface area contributed by atoms with Crippen molar-refractivity contribution < 1.29 is 4.79 Å². The number of amides is 1. The molecule has 1 rings (SSSR count). The van der Waals surface area contributed by atoms with Gasteiger partial charge in [0.15, 0.2) is 0 Å². The van der Waals surface area contributed by atoms with Crippen LogP contribution in [-0.4, -0.2) is 28.0 Å². The van der Waals surface area contributed by atoms with Crippen LogP contribution >= 0.6 is 15.9 Å². The number of halogens is 1. The van der Waals surface area contributed by atoms with Crippen molar-refractivity contribution in [1.29, 1.82) is 0 Å². The lowest BCUT2D eigenvalue weighted by Gasteiger charge is -2.20. The highest BCUT2D eigenvalue weighted by Gasteiger charge is 2.13. The maximum atomic E-state index is 11.6. The number of carbonyl (C=O) groups excluding carboxylic acids is 1. The quantitative estimate of drug-likeness (QED) is 0.837. The van der Waals surface area contributed by atoms with E-state index in [1.807, 2.05) is 27.7 Å². The zero-order valence-electron chi connectivity index (χ0n) is 11.2. The molecule has 6 heteroatoms. The molecule has 0 aliphatic heterocycles. The van der Waals surface area contributed by atoms with Crippen molar-refractivity contribution in [2.24, 2.45) is 0 Å². The fraction of sp³-hybridized carbons (Fsp3) is 0.583. The van der Waals surface area contributed by atoms with Crippen molar-refractivity contribution >= 4 is 27.7 Å². The van der Waals surface area contributed by atoms with E-state index in [2.05, 4.69) is 36.5 Å². The number of nitrogens with one attached hydrogen (secondary N) is 2. The van der Waals surface area contributed by atoms with Crippen LogP contribution in [0.4, 0.5) is 5.82 Å². The number of carbonyl (C=O) groups is 1. The Morgan fingerprint density at radius 3 is 2.61 bits per heavy atom. The molecule has 0 aliphatic rings. The fourth-order valence-electron chi connectivity index (χ4n) is 1.41.